The van der Waals surface area contributed by atoms with E-state index in [4.69, 9.17) is 0 Å². The van der Waals surface area contributed by atoms with Crippen molar-refractivity contribution in [2.75, 3.05) is 13.1 Å². The largest absolute Gasteiger partial charge is 0.391 e. The molecule has 2 rings (SSSR count). The Balaban J connectivity index is 1.88. The summed E-state index contributed by atoms with van der Waals surface area (Å²) >= 11 is 0. The van der Waals surface area contributed by atoms with Crippen LogP contribution in [0.15, 0.2) is 0 Å². The molecule has 0 bridgehead atoms. The van der Waals surface area contributed by atoms with Crippen LogP contribution in [-0.4, -0.2) is 35.2 Å². The highest BCUT2D eigenvalue weighted by atomic mass is 16.3. The maximum atomic E-state index is 10.1. The third-order valence-corrected chi connectivity index (χ3v) is 4.62. The Bertz CT molecular complexity index is 207. The summed E-state index contributed by atoms with van der Waals surface area (Å²) in [5, 5.41) is 10.1. The fourth-order valence-corrected chi connectivity index (χ4v) is 3.45. The van der Waals surface area contributed by atoms with E-state index in [-0.39, 0.29) is 6.10 Å². The molecule has 1 aliphatic heterocycles. The fourth-order valence-electron chi connectivity index (χ4n) is 3.45. The van der Waals surface area contributed by atoms with Gasteiger partial charge in [0, 0.05) is 6.04 Å². The standard InChI is InChI=1S/C14H27NO/c1-2-12-6-5-10-15(11-9-12)13-7-3-4-8-14(13)16/h12-14,16H,2-11H2,1H3/t12?,13-,14-/m0/s1. The maximum Gasteiger partial charge on any atom is 0.0695 e. The zero-order valence-corrected chi connectivity index (χ0v) is 10.7. The molecule has 16 heavy (non-hydrogen) atoms. The van der Waals surface area contributed by atoms with E-state index in [1.165, 1.54) is 58.0 Å². The van der Waals surface area contributed by atoms with E-state index in [0.29, 0.717) is 6.04 Å². The van der Waals surface area contributed by atoms with Crippen molar-refractivity contribution < 1.29 is 5.11 Å². The number of nitrogens with zero attached hydrogens (tertiary/aromatic N) is 1. The summed E-state index contributed by atoms with van der Waals surface area (Å²) in [5.41, 5.74) is 0. The van der Waals surface area contributed by atoms with Gasteiger partial charge in [0.05, 0.1) is 6.10 Å². The minimum Gasteiger partial charge on any atom is -0.391 e. The van der Waals surface area contributed by atoms with Crippen LogP contribution in [0.5, 0.6) is 0 Å². The SMILES string of the molecule is CCC1CCCN([C@H]2CCCC[C@@H]2O)CC1. The van der Waals surface area contributed by atoms with Gasteiger partial charge >= 0.3 is 0 Å². The van der Waals surface area contributed by atoms with Crippen molar-refractivity contribution in [3.63, 3.8) is 0 Å². The lowest BCUT2D eigenvalue weighted by molar-refractivity contribution is 0.0209. The smallest absolute Gasteiger partial charge is 0.0695 e. The minimum atomic E-state index is -0.0491. The lowest BCUT2D eigenvalue weighted by atomic mass is 9.91. The molecule has 3 atom stereocenters. The Kier molecular flexibility index (Phi) is 4.66. The Morgan fingerprint density at radius 3 is 2.56 bits per heavy atom. The summed E-state index contributed by atoms with van der Waals surface area (Å²) in [6, 6.07) is 0.476. The van der Waals surface area contributed by atoms with E-state index in [2.05, 4.69) is 11.8 Å². The number of likely N-dealkylation sites (tertiary alicyclic amines) is 1. The second-order valence-electron chi connectivity index (χ2n) is 5.66. The second kappa shape index (κ2) is 6.02. The average molecular weight is 225 g/mol. The molecular formula is C14H27NO. The molecule has 2 nitrogen and oxygen atoms in total. The molecule has 0 radical (unpaired) electrons. The molecule has 1 heterocycles. The highest BCUT2D eigenvalue weighted by molar-refractivity contribution is 4.84. The number of rotatable bonds is 2. The first-order valence-electron chi connectivity index (χ1n) is 7.23. The predicted molar refractivity (Wildman–Crippen MR) is 67.5 cm³/mol. The molecule has 1 saturated heterocycles. The molecule has 1 unspecified atom stereocenters. The summed E-state index contributed by atoms with van der Waals surface area (Å²) in [6.07, 6.45) is 10.2. The van der Waals surface area contributed by atoms with Crippen LogP contribution >= 0.6 is 0 Å². The Hall–Kier alpha value is -0.0800. The fraction of sp³-hybridized carbons (Fsp3) is 1.00. The van der Waals surface area contributed by atoms with Crippen molar-refractivity contribution in [3.8, 4) is 0 Å². The molecule has 2 heteroatoms. The molecule has 0 spiro atoms. The lowest BCUT2D eigenvalue weighted by Gasteiger charge is -2.37. The van der Waals surface area contributed by atoms with Gasteiger partial charge in [-0.2, -0.15) is 0 Å². The van der Waals surface area contributed by atoms with Gasteiger partial charge < -0.3 is 5.11 Å². The number of hydrogen-bond acceptors (Lipinski definition) is 2. The van der Waals surface area contributed by atoms with Crippen molar-refractivity contribution in [2.45, 2.75) is 70.4 Å². The first kappa shape index (κ1) is 12.4. The summed E-state index contributed by atoms with van der Waals surface area (Å²) in [5.74, 6) is 0.936. The van der Waals surface area contributed by atoms with E-state index in [0.717, 1.165) is 12.3 Å². The van der Waals surface area contributed by atoms with Gasteiger partial charge in [0.2, 0.25) is 0 Å². The van der Waals surface area contributed by atoms with Gasteiger partial charge in [-0.05, 0) is 51.1 Å². The minimum absolute atomic E-state index is 0.0491. The van der Waals surface area contributed by atoms with E-state index in [1.54, 1.807) is 0 Å². The molecular weight excluding hydrogens is 198 g/mol. The van der Waals surface area contributed by atoms with Crippen LogP contribution in [0, 0.1) is 5.92 Å². The van der Waals surface area contributed by atoms with Crippen molar-refractivity contribution in [1.29, 1.82) is 0 Å². The number of aliphatic hydroxyl groups is 1. The molecule has 1 aliphatic carbocycles. The van der Waals surface area contributed by atoms with Crippen LogP contribution in [0.3, 0.4) is 0 Å². The molecule has 2 fully saturated rings. The van der Waals surface area contributed by atoms with Gasteiger partial charge in [-0.3, -0.25) is 4.90 Å². The summed E-state index contributed by atoms with van der Waals surface area (Å²) in [7, 11) is 0. The van der Waals surface area contributed by atoms with Gasteiger partial charge in [0.1, 0.15) is 0 Å². The van der Waals surface area contributed by atoms with Crippen molar-refractivity contribution in [3.05, 3.63) is 0 Å². The Morgan fingerprint density at radius 2 is 1.81 bits per heavy atom. The molecule has 94 valence electrons. The van der Waals surface area contributed by atoms with Crippen molar-refractivity contribution >= 4 is 0 Å². The van der Waals surface area contributed by atoms with Crippen LogP contribution in [0.1, 0.15) is 58.3 Å². The predicted octanol–water partition coefficient (Wildman–Crippen LogP) is 2.80. The topological polar surface area (TPSA) is 23.5 Å². The van der Waals surface area contributed by atoms with Gasteiger partial charge in [-0.1, -0.05) is 26.2 Å². The zero-order chi connectivity index (χ0) is 11.4. The van der Waals surface area contributed by atoms with Crippen LogP contribution in [0.25, 0.3) is 0 Å². The van der Waals surface area contributed by atoms with E-state index in [9.17, 15) is 5.11 Å². The molecule has 1 saturated carbocycles. The third kappa shape index (κ3) is 2.98. The van der Waals surface area contributed by atoms with Crippen LogP contribution in [-0.2, 0) is 0 Å². The first-order valence-corrected chi connectivity index (χ1v) is 7.23. The highest BCUT2D eigenvalue weighted by Gasteiger charge is 2.29. The number of aliphatic hydroxyl groups excluding tert-OH is 1. The molecule has 0 aromatic carbocycles. The van der Waals surface area contributed by atoms with Crippen LogP contribution in [0.4, 0.5) is 0 Å². The molecule has 0 aromatic heterocycles. The van der Waals surface area contributed by atoms with Crippen molar-refractivity contribution in [2.24, 2.45) is 5.92 Å². The summed E-state index contributed by atoms with van der Waals surface area (Å²) in [4.78, 5) is 2.58. The number of hydrogen-bond donors (Lipinski definition) is 1. The van der Waals surface area contributed by atoms with Crippen molar-refractivity contribution in [1.82, 2.24) is 4.90 Å². The monoisotopic (exact) mass is 225 g/mol. The average Bonchev–Trinajstić information content (AvgIpc) is 2.55. The zero-order valence-electron chi connectivity index (χ0n) is 10.7. The Morgan fingerprint density at radius 1 is 1.00 bits per heavy atom. The maximum absolute atomic E-state index is 10.1. The van der Waals surface area contributed by atoms with Gasteiger partial charge in [0.25, 0.3) is 0 Å². The van der Waals surface area contributed by atoms with Gasteiger partial charge in [-0.15, -0.1) is 0 Å². The summed E-state index contributed by atoms with van der Waals surface area (Å²) in [6.45, 7) is 4.76. The normalized spacial score (nSPS) is 38.2. The molecule has 0 aromatic rings. The molecule has 0 amide bonds. The van der Waals surface area contributed by atoms with Crippen LogP contribution in [0.2, 0.25) is 0 Å². The molecule has 2 aliphatic rings. The van der Waals surface area contributed by atoms with Crippen LogP contribution < -0.4 is 0 Å². The Labute approximate surface area is 100 Å². The first-order chi connectivity index (χ1) is 7.81. The van der Waals surface area contributed by atoms with Gasteiger partial charge in [0.15, 0.2) is 0 Å². The summed E-state index contributed by atoms with van der Waals surface area (Å²) < 4.78 is 0. The quantitative estimate of drug-likeness (QED) is 0.781. The highest BCUT2D eigenvalue weighted by Crippen LogP contribution is 2.27. The lowest BCUT2D eigenvalue weighted by Crippen LogP contribution is -2.45. The van der Waals surface area contributed by atoms with Gasteiger partial charge in [-0.25, -0.2) is 0 Å². The van der Waals surface area contributed by atoms with E-state index >= 15 is 0 Å². The van der Waals surface area contributed by atoms with E-state index < -0.39 is 0 Å². The van der Waals surface area contributed by atoms with E-state index in [1.807, 2.05) is 0 Å². The second-order valence-corrected chi connectivity index (χ2v) is 5.66. The molecule has 1 N–H and O–H groups in total. The third-order valence-electron chi connectivity index (χ3n) is 4.62.